The molecule has 0 aliphatic carbocycles. The van der Waals surface area contributed by atoms with E-state index in [1.54, 1.807) is 0 Å². The second kappa shape index (κ2) is 7.16. The van der Waals surface area contributed by atoms with Gasteiger partial charge in [-0.1, -0.05) is 13.0 Å². The molecule has 0 spiro atoms. The molecule has 1 fully saturated rings. The summed E-state index contributed by atoms with van der Waals surface area (Å²) in [4.78, 5) is 9.29. The van der Waals surface area contributed by atoms with Crippen molar-refractivity contribution in [3.8, 4) is 0 Å². The SMILES string of the molecule is CCC(N)C(c1cccnc1)N1CCCN(C)CC1C. The standard InChI is InChI=1S/C16H28N4/c1-4-15(17)16(14-7-5-8-18-11-14)20-10-6-9-19(3)12-13(20)2/h5,7-8,11,13,15-16H,4,6,9-10,12,17H2,1-3H3. The molecule has 20 heavy (non-hydrogen) atoms. The number of nitrogens with zero attached hydrogens (tertiary/aromatic N) is 3. The molecule has 0 aromatic carbocycles. The smallest absolute Gasteiger partial charge is 0.0517 e. The van der Waals surface area contributed by atoms with Crippen molar-refractivity contribution in [1.82, 2.24) is 14.8 Å². The lowest BCUT2D eigenvalue weighted by Gasteiger charge is -2.38. The van der Waals surface area contributed by atoms with E-state index in [9.17, 15) is 0 Å². The van der Waals surface area contributed by atoms with E-state index in [4.69, 9.17) is 5.73 Å². The van der Waals surface area contributed by atoms with Crippen molar-refractivity contribution in [1.29, 1.82) is 0 Å². The normalized spacial score (nSPS) is 25.1. The summed E-state index contributed by atoms with van der Waals surface area (Å²) in [5.74, 6) is 0. The van der Waals surface area contributed by atoms with Gasteiger partial charge in [-0.15, -0.1) is 0 Å². The molecular formula is C16H28N4. The molecule has 4 nitrogen and oxygen atoms in total. The maximum Gasteiger partial charge on any atom is 0.0517 e. The third-order valence-corrected chi connectivity index (χ3v) is 4.36. The zero-order valence-corrected chi connectivity index (χ0v) is 13.0. The first-order chi connectivity index (χ1) is 9.63. The number of hydrogen-bond acceptors (Lipinski definition) is 4. The van der Waals surface area contributed by atoms with Gasteiger partial charge >= 0.3 is 0 Å². The number of nitrogens with two attached hydrogens (primary N) is 1. The van der Waals surface area contributed by atoms with Gasteiger partial charge in [0.25, 0.3) is 0 Å². The molecule has 4 heteroatoms. The number of likely N-dealkylation sites (N-methyl/N-ethyl adjacent to an activating group) is 1. The van der Waals surface area contributed by atoms with E-state index in [1.165, 1.54) is 18.5 Å². The van der Waals surface area contributed by atoms with Crippen LogP contribution in [0.1, 0.15) is 38.3 Å². The molecule has 1 aromatic rings. The van der Waals surface area contributed by atoms with Crippen molar-refractivity contribution in [2.24, 2.45) is 5.73 Å². The number of hydrogen-bond donors (Lipinski definition) is 1. The van der Waals surface area contributed by atoms with Gasteiger partial charge in [0.15, 0.2) is 0 Å². The molecule has 0 radical (unpaired) electrons. The Bertz CT molecular complexity index is 395. The molecule has 1 saturated heterocycles. The molecule has 3 atom stereocenters. The zero-order valence-electron chi connectivity index (χ0n) is 13.0. The lowest BCUT2D eigenvalue weighted by Crippen LogP contribution is -2.47. The molecule has 0 saturated carbocycles. The lowest BCUT2D eigenvalue weighted by atomic mass is 9.96. The molecule has 0 amide bonds. The second-order valence-electron chi connectivity index (χ2n) is 6.01. The van der Waals surface area contributed by atoms with Gasteiger partial charge in [0.2, 0.25) is 0 Å². The van der Waals surface area contributed by atoms with E-state index in [0.717, 1.165) is 19.5 Å². The molecule has 1 aromatic heterocycles. The van der Waals surface area contributed by atoms with E-state index in [1.807, 2.05) is 18.5 Å². The third kappa shape index (κ3) is 3.57. The first-order valence-electron chi connectivity index (χ1n) is 7.73. The van der Waals surface area contributed by atoms with Crippen molar-refractivity contribution in [2.45, 2.75) is 44.8 Å². The average Bonchev–Trinajstić information content (AvgIpc) is 2.61. The van der Waals surface area contributed by atoms with Crippen LogP contribution in [0.3, 0.4) is 0 Å². The van der Waals surface area contributed by atoms with Crippen LogP contribution in [0.2, 0.25) is 0 Å². The third-order valence-electron chi connectivity index (χ3n) is 4.36. The molecule has 2 N–H and O–H groups in total. The van der Waals surface area contributed by atoms with Gasteiger partial charge in [0.05, 0.1) is 6.04 Å². The number of pyridine rings is 1. The van der Waals surface area contributed by atoms with Crippen molar-refractivity contribution < 1.29 is 0 Å². The Morgan fingerprint density at radius 3 is 2.90 bits per heavy atom. The highest BCUT2D eigenvalue weighted by Crippen LogP contribution is 2.28. The van der Waals surface area contributed by atoms with Crippen LogP contribution in [-0.2, 0) is 0 Å². The summed E-state index contributed by atoms with van der Waals surface area (Å²) >= 11 is 0. The predicted molar refractivity (Wildman–Crippen MR) is 83.5 cm³/mol. The Morgan fingerprint density at radius 2 is 2.25 bits per heavy atom. The molecule has 112 valence electrons. The van der Waals surface area contributed by atoms with Gasteiger partial charge in [-0.3, -0.25) is 9.88 Å². The fourth-order valence-corrected chi connectivity index (χ4v) is 3.26. The van der Waals surface area contributed by atoms with E-state index in [2.05, 4.69) is 41.7 Å². The summed E-state index contributed by atoms with van der Waals surface area (Å²) < 4.78 is 0. The fraction of sp³-hybridized carbons (Fsp3) is 0.688. The Morgan fingerprint density at radius 1 is 1.45 bits per heavy atom. The monoisotopic (exact) mass is 276 g/mol. The summed E-state index contributed by atoms with van der Waals surface area (Å²) in [6, 6.07) is 5.12. The van der Waals surface area contributed by atoms with Crippen molar-refractivity contribution in [3.63, 3.8) is 0 Å². The molecule has 1 aliphatic heterocycles. The number of aromatic nitrogens is 1. The van der Waals surface area contributed by atoms with Crippen LogP contribution in [0.5, 0.6) is 0 Å². The Balaban J connectivity index is 2.26. The summed E-state index contributed by atoms with van der Waals surface area (Å²) in [6.45, 7) is 7.87. The van der Waals surface area contributed by atoms with Gasteiger partial charge in [-0.05, 0) is 45.0 Å². The van der Waals surface area contributed by atoms with Crippen LogP contribution in [-0.4, -0.2) is 53.5 Å². The summed E-state index contributed by atoms with van der Waals surface area (Å²) in [5.41, 5.74) is 7.69. The number of rotatable bonds is 4. The van der Waals surface area contributed by atoms with Crippen LogP contribution in [0, 0.1) is 0 Å². The molecule has 2 rings (SSSR count). The Hall–Kier alpha value is -0.970. The van der Waals surface area contributed by atoms with Gasteiger partial charge in [0, 0.05) is 37.6 Å². The van der Waals surface area contributed by atoms with E-state index in [0.29, 0.717) is 6.04 Å². The Kier molecular flexibility index (Phi) is 5.52. The van der Waals surface area contributed by atoms with Crippen molar-refractivity contribution >= 4 is 0 Å². The van der Waals surface area contributed by atoms with Crippen LogP contribution in [0.15, 0.2) is 24.5 Å². The minimum absolute atomic E-state index is 0.157. The molecule has 0 bridgehead atoms. The van der Waals surface area contributed by atoms with Crippen LogP contribution in [0.4, 0.5) is 0 Å². The molecule has 3 unspecified atom stereocenters. The highest BCUT2D eigenvalue weighted by molar-refractivity contribution is 5.17. The first kappa shape index (κ1) is 15.4. The van der Waals surface area contributed by atoms with Crippen molar-refractivity contribution in [3.05, 3.63) is 30.1 Å². The topological polar surface area (TPSA) is 45.4 Å². The van der Waals surface area contributed by atoms with E-state index in [-0.39, 0.29) is 12.1 Å². The lowest BCUT2D eigenvalue weighted by molar-refractivity contribution is 0.121. The maximum absolute atomic E-state index is 6.44. The first-order valence-corrected chi connectivity index (χ1v) is 7.73. The Labute approximate surface area is 123 Å². The van der Waals surface area contributed by atoms with Crippen LogP contribution >= 0.6 is 0 Å². The van der Waals surface area contributed by atoms with Gasteiger partial charge in [0.1, 0.15) is 0 Å². The molecule has 2 heterocycles. The van der Waals surface area contributed by atoms with Crippen molar-refractivity contribution in [2.75, 3.05) is 26.7 Å². The zero-order chi connectivity index (χ0) is 14.5. The summed E-state index contributed by atoms with van der Waals surface area (Å²) in [6.07, 6.45) is 5.99. The fourth-order valence-electron chi connectivity index (χ4n) is 3.26. The maximum atomic E-state index is 6.44. The highest BCUT2D eigenvalue weighted by atomic mass is 15.3. The highest BCUT2D eigenvalue weighted by Gasteiger charge is 2.31. The van der Waals surface area contributed by atoms with Gasteiger partial charge in [-0.2, -0.15) is 0 Å². The van der Waals surface area contributed by atoms with Crippen LogP contribution in [0.25, 0.3) is 0 Å². The van der Waals surface area contributed by atoms with Gasteiger partial charge < -0.3 is 10.6 Å². The quantitative estimate of drug-likeness (QED) is 0.912. The molecule has 1 aliphatic rings. The predicted octanol–water partition coefficient (Wildman–Crippen LogP) is 1.89. The largest absolute Gasteiger partial charge is 0.326 e. The van der Waals surface area contributed by atoms with E-state index >= 15 is 0 Å². The second-order valence-corrected chi connectivity index (χ2v) is 6.01. The summed E-state index contributed by atoms with van der Waals surface area (Å²) in [7, 11) is 2.21. The minimum atomic E-state index is 0.157. The average molecular weight is 276 g/mol. The minimum Gasteiger partial charge on any atom is -0.326 e. The molecular weight excluding hydrogens is 248 g/mol. The van der Waals surface area contributed by atoms with Gasteiger partial charge in [-0.25, -0.2) is 0 Å². The van der Waals surface area contributed by atoms with E-state index < -0.39 is 0 Å². The van der Waals surface area contributed by atoms with Crippen LogP contribution < -0.4 is 5.73 Å². The summed E-state index contributed by atoms with van der Waals surface area (Å²) in [5, 5.41) is 0.